The van der Waals surface area contributed by atoms with Gasteiger partial charge < -0.3 is 19.5 Å². The van der Waals surface area contributed by atoms with Crippen LogP contribution >= 0.6 is 0 Å². The predicted molar refractivity (Wildman–Crippen MR) is 128 cm³/mol. The number of nitrogens with zero attached hydrogens (tertiary/aromatic N) is 3. The molecule has 1 saturated carbocycles. The molecule has 10 heteroatoms. The number of hydrogen-bond acceptors (Lipinski definition) is 7. The molecule has 4 rings (SSSR count). The maximum Gasteiger partial charge on any atom is 0.416 e. The summed E-state index contributed by atoms with van der Waals surface area (Å²) in [6, 6.07) is 7.16. The van der Waals surface area contributed by atoms with Gasteiger partial charge in [-0.25, -0.2) is 9.97 Å². The van der Waals surface area contributed by atoms with Crippen LogP contribution in [-0.2, 0) is 17.5 Å². The lowest BCUT2D eigenvalue weighted by atomic mass is 10.1. The molecule has 7 nitrogen and oxygen atoms in total. The second-order valence-electron chi connectivity index (χ2n) is 8.49. The van der Waals surface area contributed by atoms with E-state index in [1.807, 2.05) is 0 Å². The summed E-state index contributed by atoms with van der Waals surface area (Å²) in [4.78, 5) is 12.7. The van der Waals surface area contributed by atoms with Gasteiger partial charge >= 0.3 is 6.18 Å². The second kappa shape index (κ2) is 10.1. The van der Waals surface area contributed by atoms with E-state index in [0.29, 0.717) is 52.1 Å². The summed E-state index contributed by atoms with van der Waals surface area (Å²) < 4.78 is 57.0. The number of ether oxygens (including phenoxy) is 3. The van der Waals surface area contributed by atoms with Gasteiger partial charge in [0.15, 0.2) is 11.5 Å². The van der Waals surface area contributed by atoms with Crippen molar-refractivity contribution in [2.24, 2.45) is 10.9 Å². The average molecular weight is 489 g/mol. The summed E-state index contributed by atoms with van der Waals surface area (Å²) >= 11 is 0. The van der Waals surface area contributed by atoms with E-state index in [0.717, 1.165) is 25.0 Å². The Labute approximate surface area is 201 Å². The fourth-order valence-corrected chi connectivity index (χ4v) is 3.92. The Bertz CT molecular complexity index is 1230. The second-order valence-corrected chi connectivity index (χ2v) is 8.49. The summed E-state index contributed by atoms with van der Waals surface area (Å²) in [6.07, 6.45) is -2.43. The number of hydrogen-bond donors (Lipinski definition) is 1. The van der Waals surface area contributed by atoms with Crippen LogP contribution in [0.3, 0.4) is 0 Å². The fraction of sp³-hybridized carbons (Fsp3) is 0.400. The largest absolute Gasteiger partial charge is 0.493 e. The minimum absolute atomic E-state index is 0.0919. The van der Waals surface area contributed by atoms with Gasteiger partial charge in [0.1, 0.15) is 17.7 Å². The number of anilines is 1. The van der Waals surface area contributed by atoms with E-state index in [2.05, 4.69) is 27.0 Å². The average Bonchev–Trinajstić information content (AvgIpc) is 3.66. The zero-order valence-corrected chi connectivity index (χ0v) is 19.8. The van der Waals surface area contributed by atoms with Gasteiger partial charge in [-0.15, -0.1) is 0 Å². The third-order valence-electron chi connectivity index (χ3n) is 5.80. The molecule has 35 heavy (non-hydrogen) atoms. The van der Waals surface area contributed by atoms with Crippen LogP contribution in [0, 0.1) is 12.8 Å². The Kier molecular flexibility index (Phi) is 7.11. The number of halogens is 3. The normalized spacial score (nSPS) is 14.6. The Morgan fingerprint density at radius 3 is 2.51 bits per heavy atom. The van der Waals surface area contributed by atoms with Gasteiger partial charge in [0.25, 0.3) is 0 Å². The van der Waals surface area contributed by atoms with Gasteiger partial charge in [0, 0.05) is 25.1 Å². The molecule has 0 amide bonds. The first-order valence-electron chi connectivity index (χ1n) is 11.2. The number of aliphatic imine (C=N–C) groups is 1. The molecule has 1 aromatic heterocycles. The quantitative estimate of drug-likeness (QED) is 0.368. The van der Waals surface area contributed by atoms with Crippen LogP contribution in [-0.4, -0.2) is 43.6 Å². The zero-order chi connectivity index (χ0) is 25.2. The van der Waals surface area contributed by atoms with Gasteiger partial charge in [-0.05, 0) is 62.2 Å². The van der Waals surface area contributed by atoms with Crippen molar-refractivity contribution in [3.8, 4) is 11.5 Å². The van der Waals surface area contributed by atoms with E-state index >= 15 is 0 Å². The van der Waals surface area contributed by atoms with Crippen molar-refractivity contribution in [3.05, 3.63) is 47.3 Å². The smallest absolute Gasteiger partial charge is 0.416 e. The van der Waals surface area contributed by atoms with Crippen LogP contribution in [0.1, 0.15) is 29.8 Å². The van der Waals surface area contributed by atoms with E-state index in [-0.39, 0.29) is 18.3 Å². The molecule has 0 spiro atoms. The standard InChI is InChI=1S/C25H27F3N4O3/c1-14-31-20-11-21(34-4)22(35-23(13-33-3)16-5-6-16)10-19(20)24(32-14)30-12-15-7-17(25(26,27)28)9-18(8-15)29-2/h7-11,16,23H,2,5-6,12-13H2,1,3-4H3,(H,30,31,32). The predicted octanol–water partition coefficient (Wildman–Crippen LogP) is 5.71. The molecule has 1 unspecified atom stereocenters. The molecule has 1 aliphatic carbocycles. The molecule has 1 fully saturated rings. The minimum atomic E-state index is -4.49. The molecule has 0 aliphatic heterocycles. The van der Waals surface area contributed by atoms with Crippen molar-refractivity contribution in [2.75, 3.05) is 26.1 Å². The Balaban J connectivity index is 1.68. The number of benzene rings is 2. The number of aromatic nitrogens is 2. The van der Waals surface area contributed by atoms with Crippen LogP contribution in [0.15, 0.2) is 35.3 Å². The van der Waals surface area contributed by atoms with Gasteiger partial charge in [0.05, 0.1) is 30.5 Å². The van der Waals surface area contributed by atoms with Crippen molar-refractivity contribution in [3.63, 3.8) is 0 Å². The topological polar surface area (TPSA) is 77.9 Å². The van der Waals surface area contributed by atoms with E-state index in [9.17, 15) is 13.2 Å². The highest BCUT2D eigenvalue weighted by atomic mass is 19.4. The first kappa shape index (κ1) is 24.7. The molecule has 1 N–H and O–H groups in total. The highest BCUT2D eigenvalue weighted by Gasteiger charge is 2.34. The van der Waals surface area contributed by atoms with E-state index in [1.165, 1.54) is 0 Å². The Morgan fingerprint density at radius 2 is 1.89 bits per heavy atom. The molecule has 0 saturated heterocycles. The Morgan fingerprint density at radius 1 is 1.11 bits per heavy atom. The minimum Gasteiger partial charge on any atom is -0.493 e. The molecule has 2 aromatic carbocycles. The van der Waals surface area contributed by atoms with E-state index < -0.39 is 11.7 Å². The lowest BCUT2D eigenvalue weighted by Gasteiger charge is -2.20. The highest BCUT2D eigenvalue weighted by Crippen LogP contribution is 2.40. The fourth-order valence-electron chi connectivity index (χ4n) is 3.92. The first-order valence-corrected chi connectivity index (χ1v) is 11.2. The third kappa shape index (κ3) is 5.82. The zero-order valence-electron chi connectivity index (χ0n) is 19.8. The summed E-state index contributed by atoms with van der Waals surface area (Å²) in [6.45, 7) is 5.64. The molecule has 1 heterocycles. The summed E-state index contributed by atoms with van der Waals surface area (Å²) in [5.41, 5.74) is 0.375. The maximum absolute atomic E-state index is 13.3. The van der Waals surface area contributed by atoms with Gasteiger partial charge in [0.2, 0.25) is 0 Å². The van der Waals surface area contributed by atoms with Crippen LogP contribution in [0.25, 0.3) is 10.9 Å². The molecule has 0 bridgehead atoms. The number of nitrogens with one attached hydrogen (secondary N) is 1. The molecular weight excluding hydrogens is 461 g/mol. The SMILES string of the molecule is C=Nc1cc(CNc2nc(C)nc3cc(OC)c(OC(COC)C4CC4)cc23)cc(C(F)(F)F)c1. The van der Waals surface area contributed by atoms with Crippen molar-refractivity contribution < 1.29 is 27.4 Å². The van der Waals surface area contributed by atoms with Crippen molar-refractivity contribution in [2.45, 2.75) is 38.6 Å². The number of methoxy groups -OCH3 is 2. The molecule has 1 atom stereocenters. The number of aryl methyl sites for hydroxylation is 1. The molecule has 0 radical (unpaired) electrons. The summed E-state index contributed by atoms with van der Waals surface area (Å²) in [7, 11) is 3.19. The van der Waals surface area contributed by atoms with Gasteiger partial charge in [-0.1, -0.05) is 0 Å². The first-order chi connectivity index (χ1) is 16.7. The van der Waals surface area contributed by atoms with Gasteiger partial charge in [-0.2, -0.15) is 13.2 Å². The highest BCUT2D eigenvalue weighted by molar-refractivity contribution is 5.91. The number of alkyl halides is 3. The van der Waals surface area contributed by atoms with Crippen molar-refractivity contribution >= 4 is 29.1 Å². The monoisotopic (exact) mass is 488 g/mol. The number of rotatable bonds is 10. The number of fused-ring (bicyclic) bond motifs is 1. The summed E-state index contributed by atoms with van der Waals surface area (Å²) in [5.74, 6) is 2.46. The van der Waals surface area contributed by atoms with E-state index in [4.69, 9.17) is 14.2 Å². The third-order valence-corrected chi connectivity index (χ3v) is 5.80. The van der Waals surface area contributed by atoms with Crippen LogP contribution in [0.4, 0.5) is 24.7 Å². The van der Waals surface area contributed by atoms with E-state index in [1.54, 1.807) is 39.3 Å². The lowest BCUT2D eigenvalue weighted by molar-refractivity contribution is -0.137. The lowest BCUT2D eigenvalue weighted by Crippen LogP contribution is -2.25. The molecular formula is C25H27F3N4O3. The van der Waals surface area contributed by atoms with Crippen molar-refractivity contribution in [1.29, 1.82) is 0 Å². The summed E-state index contributed by atoms with van der Waals surface area (Å²) in [5, 5.41) is 3.81. The molecule has 186 valence electrons. The van der Waals surface area contributed by atoms with Crippen LogP contribution < -0.4 is 14.8 Å². The van der Waals surface area contributed by atoms with Crippen LogP contribution in [0.5, 0.6) is 11.5 Å². The van der Waals surface area contributed by atoms with Crippen LogP contribution in [0.2, 0.25) is 0 Å². The molecule has 1 aliphatic rings. The Hall–Kier alpha value is -3.40. The molecule has 3 aromatic rings. The maximum atomic E-state index is 13.3. The van der Waals surface area contributed by atoms with Crippen molar-refractivity contribution in [1.82, 2.24) is 9.97 Å². The van der Waals surface area contributed by atoms with Gasteiger partial charge in [-0.3, -0.25) is 4.99 Å².